The third-order valence-corrected chi connectivity index (χ3v) is 5.42. The summed E-state index contributed by atoms with van der Waals surface area (Å²) < 4.78 is 42.5. The maximum absolute atomic E-state index is 12.9. The number of carbonyl (C=O) groups excluding carboxylic acids is 3. The second-order valence-corrected chi connectivity index (χ2v) is 8.16. The minimum absolute atomic E-state index is 0.0873. The molecule has 12 heteroatoms. The van der Waals surface area contributed by atoms with Crippen LogP contribution in [0.2, 0.25) is 0 Å². The Kier molecular flexibility index (Phi) is 6.54. The van der Waals surface area contributed by atoms with E-state index in [1.807, 2.05) is 0 Å². The van der Waals surface area contributed by atoms with Crippen LogP contribution in [-0.2, 0) is 4.79 Å². The maximum Gasteiger partial charge on any atom is 0.573 e. The third-order valence-electron chi connectivity index (χ3n) is 5.42. The van der Waals surface area contributed by atoms with Gasteiger partial charge in [-0.3, -0.25) is 9.36 Å². The number of rotatable bonds is 7. The van der Waals surface area contributed by atoms with Gasteiger partial charge in [0.25, 0.3) is 0 Å². The molecule has 1 fully saturated rings. The fourth-order valence-corrected chi connectivity index (χ4v) is 3.70. The van der Waals surface area contributed by atoms with Crippen molar-refractivity contribution in [2.24, 2.45) is 11.7 Å². The molecule has 1 saturated carbocycles. The van der Waals surface area contributed by atoms with Crippen LogP contribution in [0.1, 0.15) is 19.3 Å². The molecule has 4 amide bonds. The molecule has 5 N–H and O–H groups in total. The van der Waals surface area contributed by atoms with Crippen LogP contribution >= 0.6 is 0 Å². The van der Waals surface area contributed by atoms with Gasteiger partial charge in [-0.15, -0.1) is 13.2 Å². The predicted molar refractivity (Wildman–Crippen MR) is 122 cm³/mol. The number of hydrogen-bond donors (Lipinski definition) is 4. The molecule has 0 saturated heterocycles. The first-order chi connectivity index (χ1) is 16.6. The van der Waals surface area contributed by atoms with Gasteiger partial charge in [0.2, 0.25) is 5.91 Å². The summed E-state index contributed by atoms with van der Waals surface area (Å²) >= 11 is 0. The van der Waals surface area contributed by atoms with E-state index in [1.54, 1.807) is 24.3 Å². The van der Waals surface area contributed by atoms with Crippen molar-refractivity contribution >= 4 is 40.2 Å². The number of amides is 4. The zero-order chi connectivity index (χ0) is 25.2. The lowest BCUT2D eigenvalue weighted by atomic mass is 10.1. The molecular formula is C23H22F3N5O4. The van der Waals surface area contributed by atoms with Gasteiger partial charge in [-0.05, 0) is 30.5 Å². The molecular weight excluding hydrogens is 467 g/mol. The van der Waals surface area contributed by atoms with Crippen LogP contribution in [0.25, 0.3) is 10.9 Å². The molecule has 1 atom stereocenters. The van der Waals surface area contributed by atoms with Gasteiger partial charge in [0, 0.05) is 23.3 Å². The van der Waals surface area contributed by atoms with Crippen molar-refractivity contribution in [3.05, 3.63) is 54.7 Å². The van der Waals surface area contributed by atoms with E-state index in [9.17, 15) is 27.6 Å². The van der Waals surface area contributed by atoms with Gasteiger partial charge in [-0.2, -0.15) is 0 Å². The molecule has 1 aliphatic carbocycles. The summed E-state index contributed by atoms with van der Waals surface area (Å²) in [5.74, 6) is -0.816. The lowest BCUT2D eigenvalue weighted by Crippen LogP contribution is -2.45. The molecule has 184 valence electrons. The highest BCUT2D eigenvalue weighted by Crippen LogP contribution is 2.34. The number of hydrogen-bond acceptors (Lipinski definition) is 4. The summed E-state index contributed by atoms with van der Waals surface area (Å²) in [5.41, 5.74) is 6.30. The average Bonchev–Trinajstić information content (AvgIpc) is 3.52. The fraction of sp³-hybridized carbons (Fsp3) is 0.261. The van der Waals surface area contributed by atoms with E-state index in [4.69, 9.17) is 5.73 Å². The van der Waals surface area contributed by atoms with Gasteiger partial charge < -0.3 is 26.4 Å². The summed E-state index contributed by atoms with van der Waals surface area (Å²) in [6.45, 7) is 0. The Morgan fingerprint density at radius 2 is 1.83 bits per heavy atom. The first kappa shape index (κ1) is 23.9. The molecule has 35 heavy (non-hydrogen) atoms. The Morgan fingerprint density at radius 3 is 2.51 bits per heavy atom. The van der Waals surface area contributed by atoms with Crippen LogP contribution in [0, 0.1) is 5.92 Å². The number of benzene rings is 2. The highest BCUT2D eigenvalue weighted by atomic mass is 19.4. The van der Waals surface area contributed by atoms with Crippen LogP contribution in [0.5, 0.6) is 5.75 Å². The van der Waals surface area contributed by atoms with Crippen LogP contribution in [0.3, 0.4) is 0 Å². The summed E-state index contributed by atoms with van der Waals surface area (Å²) in [7, 11) is 0. The standard InChI is InChI=1S/C23H22F3N5O4/c24-23(25,26)35-15-5-3-4-14(11-15)28-20(32)17(10-13-8-9-13)29-22(34)30-18-12-31(21(27)33)19-7-2-1-6-16(18)19/h1-7,11-13,17H,8-10H2,(H2,27,33)(H,28,32)(H2,29,30,34)/t17-/m0/s1. The van der Waals surface area contributed by atoms with Crippen molar-refractivity contribution in [1.82, 2.24) is 9.88 Å². The van der Waals surface area contributed by atoms with Crippen molar-refractivity contribution in [2.45, 2.75) is 31.7 Å². The molecule has 1 aliphatic rings. The second kappa shape index (κ2) is 9.57. The number of carbonyl (C=O) groups is 3. The third kappa shape index (κ3) is 6.22. The summed E-state index contributed by atoms with van der Waals surface area (Å²) in [6.07, 6.45) is -1.30. The van der Waals surface area contributed by atoms with E-state index in [-0.39, 0.29) is 11.6 Å². The number of aromatic nitrogens is 1. The molecule has 1 heterocycles. The Hall–Kier alpha value is -4.22. The monoisotopic (exact) mass is 489 g/mol. The van der Waals surface area contributed by atoms with Gasteiger partial charge in [0.15, 0.2) is 0 Å². The number of nitrogens with one attached hydrogen (secondary N) is 3. The SMILES string of the molecule is NC(=O)n1cc(NC(=O)N[C@@H](CC2CC2)C(=O)Nc2cccc(OC(F)(F)F)c2)c2ccccc21. The van der Waals surface area contributed by atoms with Gasteiger partial charge >= 0.3 is 18.4 Å². The Balaban J connectivity index is 1.46. The predicted octanol–water partition coefficient (Wildman–Crippen LogP) is 4.40. The number of fused-ring (bicyclic) bond motifs is 1. The highest BCUT2D eigenvalue weighted by Gasteiger charge is 2.32. The number of anilines is 2. The van der Waals surface area contributed by atoms with Crippen LogP contribution < -0.4 is 26.4 Å². The van der Waals surface area contributed by atoms with Crippen molar-refractivity contribution in [1.29, 1.82) is 0 Å². The normalized spacial score (nSPS) is 14.3. The zero-order valence-electron chi connectivity index (χ0n) is 18.3. The largest absolute Gasteiger partial charge is 0.573 e. The van der Waals surface area contributed by atoms with E-state index in [0.29, 0.717) is 23.0 Å². The van der Waals surface area contributed by atoms with Crippen LogP contribution in [0.15, 0.2) is 54.7 Å². The lowest BCUT2D eigenvalue weighted by Gasteiger charge is -2.19. The quantitative estimate of drug-likeness (QED) is 0.392. The Bertz CT molecular complexity index is 1270. The lowest BCUT2D eigenvalue weighted by molar-refractivity contribution is -0.274. The van der Waals surface area contributed by atoms with Crippen LogP contribution in [-0.4, -0.2) is 34.9 Å². The molecule has 0 spiro atoms. The number of alkyl halides is 3. The number of ether oxygens (including phenoxy) is 1. The molecule has 9 nitrogen and oxygen atoms in total. The summed E-state index contributed by atoms with van der Waals surface area (Å²) in [6, 6.07) is 9.33. The van der Waals surface area contributed by atoms with Crippen molar-refractivity contribution in [3.8, 4) is 5.75 Å². The second-order valence-electron chi connectivity index (χ2n) is 8.16. The van der Waals surface area contributed by atoms with Gasteiger partial charge in [-0.25, -0.2) is 9.59 Å². The molecule has 0 bridgehead atoms. The molecule has 2 aromatic carbocycles. The summed E-state index contributed by atoms with van der Waals surface area (Å²) in [4.78, 5) is 37.3. The number of urea groups is 1. The summed E-state index contributed by atoms with van der Waals surface area (Å²) in [5, 5.41) is 8.35. The number of nitrogens with zero attached hydrogens (tertiary/aromatic N) is 1. The van der Waals surface area contributed by atoms with Gasteiger partial charge in [-0.1, -0.05) is 37.1 Å². The van der Waals surface area contributed by atoms with Crippen molar-refractivity contribution < 1.29 is 32.3 Å². The van der Waals surface area contributed by atoms with E-state index in [2.05, 4.69) is 20.7 Å². The first-order valence-electron chi connectivity index (χ1n) is 10.7. The van der Waals surface area contributed by atoms with Crippen LogP contribution in [0.4, 0.5) is 34.1 Å². The van der Waals surface area contributed by atoms with Gasteiger partial charge in [0.05, 0.1) is 11.2 Å². The molecule has 1 aromatic heterocycles. The molecule has 3 aromatic rings. The first-order valence-corrected chi connectivity index (χ1v) is 10.7. The average molecular weight is 489 g/mol. The highest BCUT2D eigenvalue weighted by molar-refractivity contribution is 6.06. The molecule has 4 rings (SSSR count). The van der Waals surface area contributed by atoms with E-state index < -0.39 is 36.1 Å². The maximum atomic E-state index is 12.9. The molecule has 0 unspecified atom stereocenters. The Morgan fingerprint density at radius 1 is 1.09 bits per heavy atom. The van der Waals surface area contributed by atoms with Crippen molar-refractivity contribution in [2.75, 3.05) is 10.6 Å². The van der Waals surface area contributed by atoms with E-state index >= 15 is 0 Å². The number of primary amides is 1. The molecule has 0 aliphatic heterocycles. The zero-order valence-corrected chi connectivity index (χ0v) is 18.3. The number of halogens is 3. The minimum atomic E-state index is -4.87. The number of para-hydroxylation sites is 1. The van der Waals surface area contributed by atoms with Gasteiger partial charge in [0.1, 0.15) is 11.8 Å². The smallest absolute Gasteiger partial charge is 0.406 e. The minimum Gasteiger partial charge on any atom is -0.406 e. The Labute approximate surface area is 197 Å². The fourth-order valence-electron chi connectivity index (χ4n) is 3.70. The topological polar surface area (TPSA) is 127 Å². The van der Waals surface area contributed by atoms with E-state index in [0.717, 1.165) is 25.0 Å². The molecule has 0 radical (unpaired) electrons. The van der Waals surface area contributed by atoms with E-state index in [1.165, 1.54) is 22.9 Å². The van der Waals surface area contributed by atoms with Crippen molar-refractivity contribution in [3.63, 3.8) is 0 Å². The number of nitrogens with two attached hydrogens (primary N) is 1.